The third-order valence-corrected chi connectivity index (χ3v) is 2.65. The zero-order chi connectivity index (χ0) is 9.54. The average molecular weight is 207 g/mol. The maximum atomic E-state index is 5.30. The Labute approximate surface area is 85.6 Å². The van der Waals surface area contributed by atoms with Crippen molar-refractivity contribution in [1.82, 2.24) is 14.8 Å². The van der Waals surface area contributed by atoms with Gasteiger partial charge in [0.1, 0.15) is 0 Å². The van der Waals surface area contributed by atoms with E-state index in [1.807, 2.05) is 16.7 Å². The average Bonchev–Trinajstić information content (AvgIpc) is 2.75. The Morgan fingerprint density at radius 2 is 2.43 bits per heavy atom. The van der Waals surface area contributed by atoms with E-state index >= 15 is 0 Å². The SMILES string of the molecule is S=c1[nH]nc(-c2ccco2)n1C1CC1. The summed E-state index contributed by atoms with van der Waals surface area (Å²) in [5.74, 6) is 1.58. The molecule has 0 radical (unpaired) electrons. The molecule has 0 atom stereocenters. The number of furan rings is 1. The van der Waals surface area contributed by atoms with Gasteiger partial charge < -0.3 is 4.42 Å². The van der Waals surface area contributed by atoms with Gasteiger partial charge in [0.05, 0.1) is 6.26 Å². The molecule has 0 saturated heterocycles. The number of nitrogens with one attached hydrogen (secondary N) is 1. The molecule has 0 aliphatic heterocycles. The molecule has 0 unspecified atom stereocenters. The predicted octanol–water partition coefficient (Wildman–Crippen LogP) is 2.54. The molecular formula is C9H9N3OS. The van der Waals surface area contributed by atoms with Crippen molar-refractivity contribution in [2.24, 2.45) is 0 Å². The van der Waals surface area contributed by atoms with E-state index in [1.54, 1.807) is 6.26 Å². The highest BCUT2D eigenvalue weighted by molar-refractivity contribution is 7.71. The van der Waals surface area contributed by atoms with Crippen LogP contribution in [-0.4, -0.2) is 14.8 Å². The molecule has 0 aromatic carbocycles. The highest BCUT2D eigenvalue weighted by Crippen LogP contribution is 2.37. The molecule has 1 fully saturated rings. The monoisotopic (exact) mass is 207 g/mol. The van der Waals surface area contributed by atoms with E-state index in [-0.39, 0.29) is 0 Å². The summed E-state index contributed by atoms with van der Waals surface area (Å²) in [5.41, 5.74) is 0. The van der Waals surface area contributed by atoms with Crippen molar-refractivity contribution in [2.45, 2.75) is 18.9 Å². The number of hydrogen-bond acceptors (Lipinski definition) is 3. The van der Waals surface area contributed by atoms with Crippen molar-refractivity contribution in [2.75, 3.05) is 0 Å². The second-order valence-corrected chi connectivity index (χ2v) is 3.82. The molecule has 72 valence electrons. The minimum absolute atomic E-state index is 0.515. The fourth-order valence-electron chi connectivity index (χ4n) is 1.56. The van der Waals surface area contributed by atoms with Crippen molar-refractivity contribution in [3.63, 3.8) is 0 Å². The number of aromatic amines is 1. The number of H-pyrrole nitrogens is 1. The largest absolute Gasteiger partial charge is 0.461 e. The van der Waals surface area contributed by atoms with E-state index in [2.05, 4.69) is 10.2 Å². The van der Waals surface area contributed by atoms with Crippen LogP contribution in [-0.2, 0) is 0 Å². The van der Waals surface area contributed by atoms with Crippen LogP contribution in [0.1, 0.15) is 18.9 Å². The van der Waals surface area contributed by atoms with E-state index in [0.29, 0.717) is 10.8 Å². The summed E-state index contributed by atoms with van der Waals surface area (Å²) in [6, 6.07) is 4.26. The molecule has 14 heavy (non-hydrogen) atoms. The molecule has 5 heteroatoms. The second kappa shape index (κ2) is 2.81. The van der Waals surface area contributed by atoms with Crippen molar-refractivity contribution in [1.29, 1.82) is 0 Å². The second-order valence-electron chi connectivity index (χ2n) is 3.43. The molecule has 0 bridgehead atoms. The first-order valence-electron chi connectivity index (χ1n) is 4.57. The van der Waals surface area contributed by atoms with Crippen molar-refractivity contribution in [3.05, 3.63) is 23.2 Å². The zero-order valence-electron chi connectivity index (χ0n) is 7.43. The third-order valence-electron chi connectivity index (χ3n) is 2.36. The Morgan fingerprint density at radius 1 is 1.57 bits per heavy atom. The van der Waals surface area contributed by atoms with Gasteiger partial charge >= 0.3 is 0 Å². The van der Waals surface area contributed by atoms with Crippen molar-refractivity contribution >= 4 is 12.2 Å². The van der Waals surface area contributed by atoms with Crippen LogP contribution in [0.4, 0.5) is 0 Å². The van der Waals surface area contributed by atoms with E-state index in [1.165, 1.54) is 12.8 Å². The van der Waals surface area contributed by atoms with Crippen LogP contribution < -0.4 is 0 Å². The minimum Gasteiger partial charge on any atom is -0.461 e. The Kier molecular flexibility index (Phi) is 1.61. The molecule has 0 spiro atoms. The summed E-state index contributed by atoms with van der Waals surface area (Å²) in [7, 11) is 0. The Balaban J connectivity index is 2.18. The van der Waals surface area contributed by atoms with Gasteiger partial charge in [-0.1, -0.05) is 0 Å². The fourth-order valence-corrected chi connectivity index (χ4v) is 1.84. The van der Waals surface area contributed by atoms with Crippen LogP contribution in [0.15, 0.2) is 22.8 Å². The first-order valence-corrected chi connectivity index (χ1v) is 4.98. The quantitative estimate of drug-likeness (QED) is 0.770. The van der Waals surface area contributed by atoms with Gasteiger partial charge in [-0.3, -0.25) is 9.67 Å². The summed E-state index contributed by atoms with van der Waals surface area (Å²) >= 11 is 5.17. The summed E-state index contributed by atoms with van der Waals surface area (Å²) < 4.78 is 8.02. The van der Waals surface area contributed by atoms with Gasteiger partial charge in [-0.25, -0.2) is 0 Å². The Bertz CT molecular complexity index is 492. The summed E-state index contributed by atoms with van der Waals surface area (Å²) in [4.78, 5) is 0. The van der Waals surface area contributed by atoms with Crippen LogP contribution in [0.2, 0.25) is 0 Å². The highest BCUT2D eigenvalue weighted by atomic mass is 32.1. The highest BCUT2D eigenvalue weighted by Gasteiger charge is 2.28. The number of hydrogen-bond donors (Lipinski definition) is 1. The molecule has 2 heterocycles. The molecule has 1 aliphatic rings. The molecule has 1 N–H and O–H groups in total. The molecule has 1 saturated carbocycles. The van der Waals surface area contributed by atoms with Gasteiger partial charge in [0, 0.05) is 6.04 Å². The lowest BCUT2D eigenvalue weighted by atomic mass is 10.4. The smallest absolute Gasteiger partial charge is 0.198 e. The van der Waals surface area contributed by atoms with Crippen molar-refractivity contribution in [3.8, 4) is 11.6 Å². The lowest BCUT2D eigenvalue weighted by Gasteiger charge is -2.00. The molecule has 3 rings (SSSR count). The van der Waals surface area contributed by atoms with E-state index in [9.17, 15) is 0 Å². The third kappa shape index (κ3) is 1.13. The van der Waals surface area contributed by atoms with Crippen LogP contribution >= 0.6 is 12.2 Å². The Hall–Kier alpha value is -1.36. The first-order chi connectivity index (χ1) is 6.86. The van der Waals surface area contributed by atoms with Gasteiger partial charge in [0.2, 0.25) is 0 Å². The molecule has 0 amide bonds. The molecule has 1 aliphatic carbocycles. The van der Waals surface area contributed by atoms with Gasteiger partial charge in [0.25, 0.3) is 0 Å². The first kappa shape index (κ1) is 7.99. The van der Waals surface area contributed by atoms with E-state index in [4.69, 9.17) is 16.6 Å². The van der Waals surface area contributed by atoms with Gasteiger partial charge in [-0.2, -0.15) is 5.10 Å². The number of rotatable bonds is 2. The topological polar surface area (TPSA) is 46.8 Å². The van der Waals surface area contributed by atoms with Gasteiger partial charge in [-0.05, 0) is 37.2 Å². The van der Waals surface area contributed by atoms with Crippen LogP contribution in [0.25, 0.3) is 11.6 Å². The number of nitrogens with zero attached hydrogens (tertiary/aromatic N) is 2. The standard InChI is InChI=1S/C9H9N3OS/c14-9-11-10-8(7-2-1-5-13-7)12(9)6-3-4-6/h1-2,5-6H,3-4H2,(H,11,14). The normalized spacial score (nSPS) is 16.0. The Morgan fingerprint density at radius 3 is 3.07 bits per heavy atom. The summed E-state index contributed by atoms with van der Waals surface area (Å²) in [6.07, 6.45) is 4.01. The molecule has 2 aromatic rings. The maximum absolute atomic E-state index is 5.30. The zero-order valence-corrected chi connectivity index (χ0v) is 8.25. The molecule has 2 aromatic heterocycles. The maximum Gasteiger partial charge on any atom is 0.198 e. The van der Waals surface area contributed by atoms with Gasteiger partial charge in [-0.15, -0.1) is 0 Å². The van der Waals surface area contributed by atoms with Gasteiger partial charge in [0.15, 0.2) is 16.4 Å². The molecule has 4 nitrogen and oxygen atoms in total. The summed E-state index contributed by atoms with van der Waals surface area (Å²) in [5, 5.41) is 6.97. The fraction of sp³-hybridized carbons (Fsp3) is 0.333. The lowest BCUT2D eigenvalue weighted by molar-refractivity contribution is 0.569. The summed E-state index contributed by atoms with van der Waals surface area (Å²) in [6.45, 7) is 0. The van der Waals surface area contributed by atoms with Crippen molar-refractivity contribution < 1.29 is 4.42 Å². The number of aromatic nitrogens is 3. The predicted molar refractivity (Wildman–Crippen MR) is 53.4 cm³/mol. The van der Waals surface area contributed by atoms with Crippen LogP contribution in [0, 0.1) is 4.77 Å². The molecular weight excluding hydrogens is 198 g/mol. The van der Waals surface area contributed by atoms with E-state index < -0.39 is 0 Å². The van der Waals surface area contributed by atoms with E-state index in [0.717, 1.165) is 11.6 Å². The van der Waals surface area contributed by atoms with Crippen LogP contribution in [0.5, 0.6) is 0 Å². The van der Waals surface area contributed by atoms with Crippen LogP contribution in [0.3, 0.4) is 0 Å². The lowest BCUT2D eigenvalue weighted by Crippen LogP contribution is -1.96. The minimum atomic E-state index is 0.515.